The van der Waals surface area contributed by atoms with Gasteiger partial charge in [-0.2, -0.15) is 5.26 Å². The number of hydrogen-bond acceptors (Lipinski definition) is 4. The Morgan fingerprint density at radius 3 is 2.89 bits per heavy atom. The molecule has 0 aliphatic carbocycles. The molecule has 1 aromatic carbocycles. The minimum Gasteiger partial charge on any atom is -0.316 e. The molecule has 0 amide bonds. The Morgan fingerprint density at radius 1 is 1.53 bits per heavy atom. The molecule has 0 saturated carbocycles. The Bertz CT molecular complexity index is 604. The Morgan fingerprint density at radius 2 is 2.32 bits per heavy atom. The summed E-state index contributed by atoms with van der Waals surface area (Å²) in [4.78, 5) is 0.0131. The van der Waals surface area contributed by atoms with Crippen LogP contribution in [0.15, 0.2) is 23.1 Å². The van der Waals surface area contributed by atoms with Crippen LogP contribution in [0.2, 0.25) is 5.02 Å². The van der Waals surface area contributed by atoms with Crippen molar-refractivity contribution in [2.45, 2.75) is 11.3 Å². The van der Waals surface area contributed by atoms with E-state index >= 15 is 0 Å². The Labute approximate surface area is 117 Å². The van der Waals surface area contributed by atoms with Crippen molar-refractivity contribution in [3.8, 4) is 6.07 Å². The number of sulfonamides is 1. The first-order valence-electron chi connectivity index (χ1n) is 5.93. The highest BCUT2D eigenvalue weighted by molar-refractivity contribution is 7.89. The number of hydrogen-bond donors (Lipinski definition) is 2. The van der Waals surface area contributed by atoms with E-state index in [1.165, 1.54) is 18.2 Å². The third kappa shape index (κ3) is 3.45. The third-order valence-corrected chi connectivity index (χ3v) is 4.98. The highest BCUT2D eigenvalue weighted by atomic mass is 35.5. The lowest BCUT2D eigenvalue weighted by Crippen LogP contribution is -2.30. The Balaban J connectivity index is 2.12. The molecule has 1 atom stereocenters. The molecule has 1 fully saturated rings. The third-order valence-electron chi connectivity index (χ3n) is 3.07. The molecule has 2 rings (SSSR count). The predicted molar refractivity (Wildman–Crippen MR) is 72.3 cm³/mol. The first kappa shape index (κ1) is 14.3. The van der Waals surface area contributed by atoms with Crippen LogP contribution in [0.4, 0.5) is 0 Å². The average molecular weight is 300 g/mol. The molecule has 0 radical (unpaired) electrons. The summed E-state index contributed by atoms with van der Waals surface area (Å²) in [5.74, 6) is 0.312. The lowest BCUT2D eigenvalue weighted by atomic mass is 10.1. The first-order chi connectivity index (χ1) is 9.03. The van der Waals surface area contributed by atoms with Crippen LogP contribution in [-0.4, -0.2) is 28.1 Å². The van der Waals surface area contributed by atoms with Gasteiger partial charge in [-0.1, -0.05) is 11.6 Å². The number of nitriles is 1. The van der Waals surface area contributed by atoms with Crippen LogP contribution in [0.5, 0.6) is 0 Å². The molecule has 5 nitrogen and oxygen atoms in total. The number of nitrogens with one attached hydrogen (secondary N) is 2. The summed E-state index contributed by atoms with van der Waals surface area (Å²) in [7, 11) is -3.62. The Kier molecular flexibility index (Phi) is 4.42. The van der Waals surface area contributed by atoms with Gasteiger partial charge in [0.05, 0.1) is 16.7 Å². The van der Waals surface area contributed by atoms with Crippen LogP contribution >= 0.6 is 11.6 Å². The van der Waals surface area contributed by atoms with Gasteiger partial charge >= 0.3 is 0 Å². The molecule has 7 heteroatoms. The minimum absolute atomic E-state index is 0.0131. The fourth-order valence-electron chi connectivity index (χ4n) is 1.98. The van der Waals surface area contributed by atoms with E-state index in [0.717, 1.165) is 19.5 Å². The van der Waals surface area contributed by atoms with Gasteiger partial charge in [-0.25, -0.2) is 13.1 Å². The van der Waals surface area contributed by atoms with E-state index < -0.39 is 10.0 Å². The van der Waals surface area contributed by atoms with Gasteiger partial charge in [0.25, 0.3) is 0 Å². The standard InChI is InChI=1S/C12H14ClN3O2S/c13-11-5-9(6-14)1-2-12(11)19(17,18)16-8-10-3-4-15-7-10/h1-2,5,10,15-16H,3-4,7-8H2. The maximum atomic E-state index is 12.1. The predicted octanol–water partition coefficient (Wildman–Crippen LogP) is 1.10. The summed E-state index contributed by atoms with van der Waals surface area (Å²) in [6.07, 6.45) is 0.962. The number of nitrogens with zero attached hydrogens (tertiary/aromatic N) is 1. The van der Waals surface area contributed by atoms with E-state index in [9.17, 15) is 8.42 Å². The summed E-state index contributed by atoms with van der Waals surface area (Å²) in [5, 5.41) is 12.0. The summed E-state index contributed by atoms with van der Waals surface area (Å²) >= 11 is 5.91. The summed E-state index contributed by atoms with van der Waals surface area (Å²) in [5.41, 5.74) is 0.337. The van der Waals surface area contributed by atoms with Gasteiger partial charge in [0.1, 0.15) is 4.90 Å². The van der Waals surface area contributed by atoms with Crippen LogP contribution < -0.4 is 10.0 Å². The fraction of sp³-hybridized carbons (Fsp3) is 0.417. The van der Waals surface area contributed by atoms with Gasteiger partial charge in [0, 0.05) is 6.54 Å². The largest absolute Gasteiger partial charge is 0.316 e. The molecular weight excluding hydrogens is 286 g/mol. The molecular formula is C12H14ClN3O2S. The fourth-order valence-corrected chi connectivity index (χ4v) is 3.64. The van der Waals surface area contributed by atoms with Crippen LogP contribution in [0.25, 0.3) is 0 Å². The SMILES string of the molecule is N#Cc1ccc(S(=O)(=O)NCC2CCNC2)c(Cl)c1. The van der Waals surface area contributed by atoms with Crippen molar-refractivity contribution < 1.29 is 8.42 Å². The number of rotatable bonds is 4. The highest BCUT2D eigenvalue weighted by Gasteiger charge is 2.21. The molecule has 0 spiro atoms. The molecule has 102 valence electrons. The topological polar surface area (TPSA) is 82.0 Å². The summed E-state index contributed by atoms with van der Waals surface area (Å²) < 4.78 is 26.8. The van der Waals surface area contributed by atoms with E-state index in [1.807, 2.05) is 6.07 Å². The lowest BCUT2D eigenvalue weighted by molar-refractivity contribution is 0.539. The van der Waals surface area contributed by atoms with Gasteiger partial charge < -0.3 is 5.32 Å². The van der Waals surface area contributed by atoms with E-state index in [0.29, 0.717) is 18.0 Å². The van der Waals surface area contributed by atoms with Crippen molar-refractivity contribution in [2.75, 3.05) is 19.6 Å². The summed E-state index contributed by atoms with van der Waals surface area (Å²) in [6, 6.07) is 6.07. The minimum atomic E-state index is -3.62. The average Bonchev–Trinajstić information content (AvgIpc) is 2.89. The van der Waals surface area contributed by atoms with Gasteiger partial charge in [-0.05, 0) is 43.6 Å². The molecule has 1 saturated heterocycles. The zero-order chi connectivity index (χ0) is 13.9. The molecule has 1 unspecified atom stereocenters. The smallest absolute Gasteiger partial charge is 0.242 e. The summed E-state index contributed by atoms with van der Waals surface area (Å²) in [6.45, 7) is 2.14. The normalized spacial score (nSPS) is 19.3. The van der Waals surface area contributed by atoms with Crippen molar-refractivity contribution in [1.29, 1.82) is 5.26 Å². The molecule has 1 heterocycles. The van der Waals surface area contributed by atoms with Crippen LogP contribution in [0.1, 0.15) is 12.0 Å². The first-order valence-corrected chi connectivity index (χ1v) is 7.79. The second kappa shape index (κ2) is 5.88. The second-order valence-electron chi connectivity index (χ2n) is 4.47. The van der Waals surface area contributed by atoms with E-state index in [1.54, 1.807) is 0 Å². The zero-order valence-electron chi connectivity index (χ0n) is 10.2. The van der Waals surface area contributed by atoms with Crippen molar-refractivity contribution in [1.82, 2.24) is 10.0 Å². The highest BCUT2D eigenvalue weighted by Crippen LogP contribution is 2.22. The molecule has 19 heavy (non-hydrogen) atoms. The molecule has 0 aromatic heterocycles. The van der Waals surface area contributed by atoms with Gasteiger partial charge in [-0.3, -0.25) is 0 Å². The van der Waals surface area contributed by atoms with Crippen molar-refractivity contribution in [3.63, 3.8) is 0 Å². The lowest BCUT2D eigenvalue weighted by Gasteiger charge is -2.11. The van der Waals surface area contributed by atoms with Crippen LogP contribution in [0.3, 0.4) is 0 Å². The Hall–Kier alpha value is -1.13. The molecule has 1 aliphatic rings. The monoisotopic (exact) mass is 299 g/mol. The van der Waals surface area contributed by atoms with E-state index in [4.69, 9.17) is 16.9 Å². The number of benzene rings is 1. The van der Waals surface area contributed by atoms with Gasteiger partial charge in [-0.15, -0.1) is 0 Å². The van der Waals surface area contributed by atoms with Crippen LogP contribution in [-0.2, 0) is 10.0 Å². The van der Waals surface area contributed by atoms with Crippen LogP contribution in [0, 0.1) is 17.2 Å². The van der Waals surface area contributed by atoms with E-state index in [-0.39, 0.29) is 9.92 Å². The molecule has 2 N–H and O–H groups in total. The van der Waals surface area contributed by atoms with Gasteiger partial charge in [0.2, 0.25) is 10.0 Å². The maximum absolute atomic E-state index is 12.1. The second-order valence-corrected chi connectivity index (χ2v) is 6.61. The number of halogens is 1. The molecule has 1 aliphatic heterocycles. The zero-order valence-corrected chi connectivity index (χ0v) is 11.8. The van der Waals surface area contributed by atoms with Crippen molar-refractivity contribution in [3.05, 3.63) is 28.8 Å². The van der Waals surface area contributed by atoms with Crippen molar-refractivity contribution in [2.24, 2.45) is 5.92 Å². The van der Waals surface area contributed by atoms with E-state index in [2.05, 4.69) is 10.0 Å². The maximum Gasteiger partial charge on any atom is 0.242 e. The van der Waals surface area contributed by atoms with Crippen molar-refractivity contribution >= 4 is 21.6 Å². The molecule has 1 aromatic rings. The quantitative estimate of drug-likeness (QED) is 0.872. The molecule has 0 bridgehead atoms. The van der Waals surface area contributed by atoms with Gasteiger partial charge in [0.15, 0.2) is 0 Å².